The van der Waals surface area contributed by atoms with Gasteiger partial charge < -0.3 is 16.4 Å². The molecule has 6 heteroatoms. The fraction of sp³-hybridized carbons (Fsp3) is 0. The standard InChI is InChI=1S/Al.2Hf.3O/q+3;2*+4;3*-2. The van der Waals surface area contributed by atoms with E-state index < -0.39 is 0 Å². The third kappa shape index (κ3) is 35.3. The molecule has 24 valence electrons. The van der Waals surface area contributed by atoms with Crippen LogP contribution in [0.5, 0.6) is 0 Å². The quantitative estimate of drug-likeness (QED) is 0.452. The van der Waals surface area contributed by atoms with Crippen LogP contribution in [0.4, 0.5) is 0 Å². The van der Waals surface area contributed by atoms with Gasteiger partial charge in [0, 0.05) is 0 Å². The molecule has 0 radical (unpaired) electrons. The number of rotatable bonds is 0. The molecule has 0 amide bonds. The summed E-state index contributed by atoms with van der Waals surface area (Å²) in [7, 11) is 0. The zero-order valence-electron chi connectivity index (χ0n) is 2.80. The Morgan fingerprint density at radius 2 is 0.500 bits per heavy atom. The number of hydrogen-bond donors (Lipinski definition) is 0. The van der Waals surface area contributed by atoms with Crippen LogP contribution < -0.4 is 0 Å². The zero-order chi connectivity index (χ0) is 0. The van der Waals surface area contributed by atoms with Gasteiger partial charge in [-0.1, -0.05) is 0 Å². The van der Waals surface area contributed by atoms with Crippen molar-refractivity contribution in [3.63, 3.8) is 0 Å². The molecule has 6 heavy (non-hydrogen) atoms. The molecule has 0 unspecified atom stereocenters. The van der Waals surface area contributed by atoms with E-state index in [1.165, 1.54) is 0 Å². The fourth-order valence-corrected chi connectivity index (χ4v) is 0. The van der Waals surface area contributed by atoms with E-state index in [0.29, 0.717) is 0 Å². The van der Waals surface area contributed by atoms with Gasteiger partial charge in [-0.15, -0.1) is 0 Å². The molecule has 0 aromatic rings. The van der Waals surface area contributed by atoms with Crippen LogP contribution in [0.2, 0.25) is 0 Å². The van der Waals surface area contributed by atoms with Gasteiger partial charge in [0.25, 0.3) is 0 Å². The van der Waals surface area contributed by atoms with E-state index in [4.69, 9.17) is 0 Å². The van der Waals surface area contributed by atoms with Gasteiger partial charge in [0.15, 0.2) is 0 Å². The molecular formula is AlHf2O3+5. The van der Waals surface area contributed by atoms with Crippen molar-refractivity contribution in [3.8, 4) is 0 Å². The van der Waals surface area contributed by atoms with Crippen molar-refractivity contribution in [2.24, 2.45) is 0 Å². The first-order valence-electron chi connectivity index (χ1n) is 0. The van der Waals surface area contributed by atoms with Crippen LogP contribution in [0.15, 0.2) is 0 Å². The Morgan fingerprint density at radius 1 is 0.500 bits per heavy atom. The summed E-state index contributed by atoms with van der Waals surface area (Å²) < 4.78 is 0. The second-order valence-electron chi connectivity index (χ2n) is 0. The Hall–Kier alpha value is 2.15. The molecule has 3 nitrogen and oxygen atoms in total. The van der Waals surface area contributed by atoms with Crippen LogP contribution in [-0.2, 0) is 68.1 Å². The Morgan fingerprint density at radius 3 is 0.500 bits per heavy atom. The molecule has 0 heterocycles. The predicted octanol–water partition coefficient (Wildman–Crippen LogP) is -0.742. The molecule has 0 bridgehead atoms. The summed E-state index contributed by atoms with van der Waals surface area (Å²) in [4.78, 5) is 0. The fourth-order valence-electron chi connectivity index (χ4n) is 0. The van der Waals surface area contributed by atoms with Crippen molar-refractivity contribution in [3.05, 3.63) is 0 Å². The van der Waals surface area contributed by atoms with Crippen LogP contribution in [-0.4, -0.2) is 17.4 Å². The maximum Gasteiger partial charge on any atom is 4.00 e. The van der Waals surface area contributed by atoms with Crippen molar-refractivity contribution in [2.75, 3.05) is 0 Å². The van der Waals surface area contributed by atoms with Crippen LogP contribution in [0.1, 0.15) is 0 Å². The van der Waals surface area contributed by atoms with Crippen LogP contribution in [0, 0.1) is 0 Å². The van der Waals surface area contributed by atoms with Crippen LogP contribution in [0.3, 0.4) is 0 Å². The molecule has 0 saturated carbocycles. The third-order valence-corrected chi connectivity index (χ3v) is 0. The van der Waals surface area contributed by atoms with Crippen molar-refractivity contribution < 1.29 is 68.1 Å². The minimum atomic E-state index is 0. The average molecular weight is 432 g/mol. The van der Waals surface area contributed by atoms with E-state index in [-0.39, 0.29) is 85.5 Å². The first-order valence-corrected chi connectivity index (χ1v) is 0. The first-order chi connectivity index (χ1) is 0. The number of hydrogen-bond acceptors (Lipinski definition) is 0. The van der Waals surface area contributed by atoms with Gasteiger partial charge in [0.2, 0.25) is 0 Å². The van der Waals surface area contributed by atoms with E-state index in [9.17, 15) is 0 Å². The molecule has 0 aromatic heterocycles. The smallest absolute Gasteiger partial charge is 2.00 e. The molecule has 0 saturated heterocycles. The molecule has 0 spiro atoms. The van der Waals surface area contributed by atoms with Gasteiger partial charge in [-0.3, -0.25) is 0 Å². The van der Waals surface area contributed by atoms with Crippen LogP contribution >= 0.6 is 0 Å². The Labute approximate surface area is 84.5 Å². The van der Waals surface area contributed by atoms with Gasteiger partial charge in [-0.25, -0.2) is 0 Å². The second kappa shape index (κ2) is 58.4. The first kappa shape index (κ1) is 90.0. The molecular weight excluding hydrogens is 432 g/mol. The summed E-state index contributed by atoms with van der Waals surface area (Å²) in [5.41, 5.74) is 0. The van der Waals surface area contributed by atoms with E-state index in [2.05, 4.69) is 0 Å². The van der Waals surface area contributed by atoms with E-state index in [1.54, 1.807) is 0 Å². The van der Waals surface area contributed by atoms with Crippen molar-refractivity contribution >= 4 is 17.4 Å². The van der Waals surface area contributed by atoms with E-state index in [1.807, 2.05) is 0 Å². The van der Waals surface area contributed by atoms with Gasteiger partial charge in [0.05, 0.1) is 0 Å². The van der Waals surface area contributed by atoms with Gasteiger partial charge in [-0.05, 0) is 0 Å². The second-order valence-corrected chi connectivity index (χ2v) is 0. The SMILES string of the molecule is [Al+3].[Hf+4].[Hf+4].[O-2].[O-2].[O-2]. The predicted molar refractivity (Wildman–Crippen MR) is 7.81 cm³/mol. The van der Waals surface area contributed by atoms with Crippen molar-refractivity contribution in [1.82, 2.24) is 0 Å². The van der Waals surface area contributed by atoms with Gasteiger partial charge in [0.1, 0.15) is 0 Å². The molecule has 0 atom stereocenters. The summed E-state index contributed by atoms with van der Waals surface area (Å²) in [6, 6.07) is 0. The summed E-state index contributed by atoms with van der Waals surface area (Å²) in [6.45, 7) is 0. The van der Waals surface area contributed by atoms with E-state index in [0.717, 1.165) is 0 Å². The summed E-state index contributed by atoms with van der Waals surface area (Å²) in [6.07, 6.45) is 0. The zero-order valence-corrected chi connectivity index (χ0v) is 11.1. The van der Waals surface area contributed by atoms with Crippen molar-refractivity contribution in [2.45, 2.75) is 0 Å². The topological polar surface area (TPSA) is 85.5 Å². The summed E-state index contributed by atoms with van der Waals surface area (Å²) in [5, 5.41) is 0. The maximum atomic E-state index is 0. The third-order valence-electron chi connectivity index (χ3n) is 0. The summed E-state index contributed by atoms with van der Waals surface area (Å²) in [5.74, 6) is 0. The van der Waals surface area contributed by atoms with Gasteiger partial charge in [-0.2, -0.15) is 0 Å². The molecule has 0 aromatic carbocycles. The minimum absolute atomic E-state index is 0. The maximum absolute atomic E-state index is 0. The molecule has 0 aliphatic rings. The van der Waals surface area contributed by atoms with Gasteiger partial charge >= 0.3 is 69.0 Å². The van der Waals surface area contributed by atoms with Crippen molar-refractivity contribution in [1.29, 1.82) is 0 Å². The van der Waals surface area contributed by atoms with E-state index >= 15 is 0 Å². The minimum Gasteiger partial charge on any atom is -2.00 e. The molecule has 0 N–H and O–H groups in total. The largest absolute Gasteiger partial charge is 4.00 e. The average Bonchev–Trinajstić information content (AvgIpc) is 0. The summed E-state index contributed by atoms with van der Waals surface area (Å²) >= 11 is 0. The Kier molecular flexibility index (Phi) is 876. The van der Waals surface area contributed by atoms with Crippen LogP contribution in [0.25, 0.3) is 0 Å². The monoisotopic (exact) mass is 435 g/mol. The normalized spacial score (nSPS) is 0. The molecule has 0 aliphatic carbocycles. The molecule has 0 rings (SSSR count). The molecule has 0 aliphatic heterocycles. The Balaban J connectivity index is 0. The molecule has 0 fully saturated rings. The Bertz CT molecular complexity index is 8.75.